The zero-order valence-corrected chi connectivity index (χ0v) is 21.4. The standard InChI is InChI=1S/C25H27Cl2F3N6O/c26-16-1-3-20-18(13-16)17-5-7-36(8-6-31-22-4-2-19(27)24(33-22)25(28,29)30)21(23(17)32-20)14-35-10-9-34(15-35)11-12-37/h1-4,9-10,13,21,32,37H,5-8,11-12,14-15H2,(H,31,33). The van der Waals surface area contributed by atoms with Gasteiger partial charge >= 0.3 is 6.18 Å². The van der Waals surface area contributed by atoms with Crippen LogP contribution < -0.4 is 5.32 Å². The number of nitrogens with one attached hydrogen (secondary N) is 2. The highest BCUT2D eigenvalue weighted by molar-refractivity contribution is 6.31. The van der Waals surface area contributed by atoms with Gasteiger partial charge in [0.25, 0.3) is 0 Å². The van der Waals surface area contributed by atoms with Crippen molar-refractivity contribution in [2.75, 3.05) is 51.3 Å². The van der Waals surface area contributed by atoms with Gasteiger partial charge in [0.15, 0.2) is 5.69 Å². The number of aliphatic hydroxyl groups excluding tert-OH is 1. The molecule has 37 heavy (non-hydrogen) atoms. The number of aromatic nitrogens is 2. The molecule has 0 saturated carbocycles. The molecule has 4 heterocycles. The molecule has 0 amide bonds. The van der Waals surface area contributed by atoms with Crippen molar-refractivity contribution >= 4 is 39.9 Å². The van der Waals surface area contributed by atoms with Gasteiger partial charge in [-0.3, -0.25) is 4.90 Å². The lowest BCUT2D eigenvalue weighted by Crippen LogP contribution is -2.43. The van der Waals surface area contributed by atoms with Crippen molar-refractivity contribution in [3.05, 3.63) is 69.7 Å². The summed E-state index contributed by atoms with van der Waals surface area (Å²) in [5.74, 6) is 0.133. The maximum Gasteiger partial charge on any atom is 0.434 e. The Kier molecular flexibility index (Phi) is 7.44. The van der Waals surface area contributed by atoms with Crippen LogP contribution in [-0.2, 0) is 12.6 Å². The van der Waals surface area contributed by atoms with Crippen LogP contribution in [0.3, 0.4) is 0 Å². The average molecular weight is 555 g/mol. The molecule has 5 rings (SSSR count). The van der Waals surface area contributed by atoms with Crippen LogP contribution in [0, 0.1) is 0 Å². The number of β-amino-alcohol motifs (C(OH)–C–C–N with tert-alkyl or cyclic N) is 1. The SMILES string of the molecule is OCCN1C=CN(CC2c3[nH]c4ccc(Cl)cc4c3CCN2CCNc2ccc(Cl)c(C(F)(F)F)n2)C1. The van der Waals surface area contributed by atoms with Crippen molar-refractivity contribution in [1.29, 1.82) is 0 Å². The number of nitrogens with zero attached hydrogens (tertiary/aromatic N) is 4. The van der Waals surface area contributed by atoms with Crippen LogP contribution in [0.5, 0.6) is 0 Å². The Balaban J connectivity index is 1.34. The summed E-state index contributed by atoms with van der Waals surface area (Å²) >= 11 is 12.0. The van der Waals surface area contributed by atoms with Crippen LogP contribution in [0.25, 0.3) is 10.9 Å². The summed E-state index contributed by atoms with van der Waals surface area (Å²) in [5.41, 5.74) is 2.31. The summed E-state index contributed by atoms with van der Waals surface area (Å²) in [6.07, 6.45) is 0.211. The molecular formula is C25H27Cl2F3N6O. The number of aliphatic hydroxyl groups is 1. The summed E-state index contributed by atoms with van der Waals surface area (Å²) in [5, 5.41) is 13.7. The van der Waals surface area contributed by atoms with Gasteiger partial charge in [-0.15, -0.1) is 0 Å². The van der Waals surface area contributed by atoms with E-state index in [1.807, 2.05) is 35.5 Å². The lowest BCUT2D eigenvalue weighted by Gasteiger charge is -2.38. The topological polar surface area (TPSA) is 70.7 Å². The van der Waals surface area contributed by atoms with Crippen molar-refractivity contribution in [2.45, 2.75) is 18.6 Å². The predicted octanol–water partition coefficient (Wildman–Crippen LogP) is 4.94. The first-order valence-electron chi connectivity index (χ1n) is 12.0. The second-order valence-electron chi connectivity index (χ2n) is 9.21. The lowest BCUT2D eigenvalue weighted by molar-refractivity contribution is -0.141. The van der Waals surface area contributed by atoms with Crippen LogP contribution in [0.1, 0.15) is 23.0 Å². The molecule has 7 nitrogen and oxygen atoms in total. The molecule has 0 spiro atoms. The van der Waals surface area contributed by atoms with Crippen molar-refractivity contribution in [2.24, 2.45) is 0 Å². The Morgan fingerprint density at radius 1 is 1.11 bits per heavy atom. The van der Waals surface area contributed by atoms with Gasteiger partial charge in [-0.25, -0.2) is 4.98 Å². The van der Waals surface area contributed by atoms with Crippen molar-refractivity contribution in [3.63, 3.8) is 0 Å². The van der Waals surface area contributed by atoms with E-state index in [0.29, 0.717) is 37.9 Å². The van der Waals surface area contributed by atoms with Gasteiger partial charge in [0.1, 0.15) is 5.82 Å². The fraction of sp³-hybridized carbons (Fsp3) is 0.400. The average Bonchev–Trinajstić information content (AvgIpc) is 3.45. The third-order valence-corrected chi connectivity index (χ3v) is 7.33. The molecule has 3 aromatic rings. The monoisotopic (exact) mass is 554 g/mol. The Labute approximate surface area is 222 Å². The van der Waals surface area contributed by atoms with Crippen LogP contribution in [0.2, 0.25) is 10.0 Å². The fourth-order valence-corrected chi connectivity index (χ4v) is 5.44. The predicted molar refractivity (Wildman–Crippen MR) is 139 cm³/mol. The lowest BCUT2D eigenvalue weighted by atomic mass is 9.97. The first-order valence-corrected chi connectivity index (χ1v) is 12.8. The van der Waals surface area contributed by atoms with E-state index in [-0.39, 0.29) is 18.5 Å². The molecule has 198 valence electrons. The summed E-state index contributed by atoms with van der Waals surface area (Å²) in [6.45, 7) is 3.85. The Morgan fingerprint density at radius 2 is 1.92 bits per heavy atom. The molecule has 0 radical (unpaired) electrons. The van der Waals surface area contributed by atoms with E-state index >= 15 is 0 Å². The van der Waals surface area contributed by atoms with Gasteiger partial charge in [-0.2, -0.15) is 13.2 Å². The minimum absolute atomic E-state index is 0.0272. The van der Waals surface area contributed by atoms with Gasteiger partial charge in [-0.05, 0) is 42.3 Å². The Morgan fingerprint density at radius 3 is 2.70 bits per heavy atom. The normalized spacial score (nSPS) is 18.2. The quantitative estimate of drug-likeness (QED) is 0.366. The Bertz CT molecular complexity index is 1300. The van der Waals surface area contributed by atoms with Crippen LogP contribution in [-0.4, -0.2) is 75.8 Å². The molecule has 2 aliphatic rings. The third kappa shape index (κ3) is 5.62. The van der Waals surface area contributed by atoms with Gasteiger partial charge < -0.3 is 25.2 Å². The van der Waals surface area contributed by atoms with E-state index in [0.717, 1.165) is 29.6 Å². The van der Waals surface area contributed by atoms with E-state index < -0.39 is 16.9 Å². The number of hydrogen-bond acceptors (Lipinski definition) is 6. The number of fused-ring (bicyclic) bond motifs is 3. The second-order valence-corrected chi connectivity index (χ2v) is 10.1. The summed E-state index contributed by atoms with van der Waals surface area (Å²) in [6, 6.07) is 8.54. The molecule has 2 aromatic heterocycles. The van der Waals surface area contributed by atoms with E-state index in [4.69, 9.17) is 23.2 Å². The van der Waals surface area contributed by atoms with Crippen LogP contribution in [0.15, 0.2) is 42.7 Å². The smallest absolute Gasteiger partial charge is 0.395 e. The number of anilines is 1. The minimum Gasteiger partial charge on any atom is -0.395 e. The van der Waals surface area contributed by atoms with Gasteiger partial charge in [0, 0.05) is 66.7 Å². The number of benzene rings is 1. The third-order valence-electron chi connectivity index (χ3n) is 6.79. The zero-order chi connectivity index (χ0) is 26.2. The maximum atomic E-state index is 13.2. The minimum atomic E-state index is -4.62. The van der Waals surface area contributed by atoms with Crippen LogP contribution >= 0.6 is 23.2 Å². The zero-order valence-electron chi connectivity index (χ0n) is 19.9. The summed E-state index contributed by atoms with van der Waals surface area (Å²) < 4.78 is 39.6. The number of aromatic amines is 1. The van der Waals surface area contributed by atoms with E-state index in [9.17, 15) is 18.3 Å². The largest absolute Gasteiger partial charge is 0.434 e. The number of alkyl halides is 3. The Hall–Kier alpha value is -2.66. The molecule has 0 bridgehead atoms. The van der Waals surface area contributed by atoms with Crippen molar-refractivity contribution in [1.82, 2.24) is 24.7 Å². The highest BCUT2D eigenvalue weighted by Crippen LogP contribution is 2.37. The fourth-order valence-electron chi connectivity index (χ4n) is 5.06. The molecule has 12 heteroatoms. The summed E-state index contributed by atoms with van der Waals surface area (Å²) in [4.78, 5) is 13.8. The molecule has 0 saturated heterocycles. The maximum absolute atomic E-state index is 13.2. The van der Waals surface area contributed by atoms with Crippen LogP contribution in [0.4, 0.5) is 19.0 Å². The number of H-pyrrole nitrogens is 1. The number of pyridine rings is 1. The highest BCUT2D eigenvalue weighted by Gasteiger charge is 2.36. The molecule has 0 aliphatic carbocycles. The van der Waals surface area contributed by atoms with Gasteiger partial charge in [0.05, 0.1) is 24.3 Å². The molecule has 1 aromatic carbocycles. The van der Waals surface area contributed by atoms with E-state index in [1.165, 1.54) is 17.7 Å². The first-order chi connectivity index (χ1) is 17.7. The molecule has 2 aliphatic heterocycles. The second kappa shape index (κ2) is 10.6. The van der Waals surface area contributed by atoms with Crippen molar-refractivity contribution in [3.8, 4) is 0 Å². The van der Waals surface area contributed by atoms with Crippen molar-refractivity contribution < 1.29 is 18.3 Å². The molecule has 1 atom stereocenters. The van der Waals surface area contributed by atoms with E-state index in [1.54, 1.807) is 0 Å². The molecule has 1 unspecified atom stereocenters. The first kappa shape index (κ1) is 26.0. The van der Waals surface area contributed by atoms with Gasteiger partial charge in [-0.1, -0.05) is 23.2 Å². The summed E-state index contributed by atoms with van der Waals surface area (Å²) in [7, 11) is 0. The number of halogens is 5. The molecule has 3 N–H and O–H groups in total. The van der Waals surface area contributed by atoms with E-state index in [2.05, 4.69) is 25.1 Å². The molecular weight excluding hydrogens is 528 g/mol. The highest BCUT2D eigenvalue weighted by atomic mass is 35.5. The van der Waals surface area contributed by atoms with Gasteiger partial charge in [0.2, 0.25) is 0 Å². The number of hydrogen-bond donors (Lipinski definition) is 3. The number of rotatable bonds is 8. The molecule has 0 fully saturated rings.